The molecule has 0 fully saturated rings. The van der Waals surface area contributed by atoms with Crippen LogP contribution < -0.4 is 0 Å². The van der Waals surface area contributed by atoms with Gasteiger partial charge in [0, 0.05) is 0 Å². The van der Waals surface area contributed by atoms with E-state index in [9.17, 15) is 0 Å². The lowest BCUT2D eigenvalue weighted by molar-refractivity contribution is 0.186. The smallest absolute Gasteiger partial charge is 0.0678 e. The van der Waals surface area contributed by atoms with Crippen molar-refractivity contribution in [2.24, 2.45) is 0 Å². The maximum absolute atomic E-state index is 8.81. The Balaban J connectivity index is 3.89. The van der Waals surface area contributed by atoms with Crippen molar-refractivity contribution in [2.75, 3.05) is 19.8 Å². The summed E-state index contributed by atoms with van der Waals surface area (Å²) in [6.45, 7) is 12.1. The predicted molar refractivity (Wildman–Crippen MR) is 97.1 cm³/mol. The van der Waals surface area contributed by atoms with Gasteiger partial charge in [-0.1, -0.05) is 46.6 Å². The molecule has 0 atom stereocenters. The van der Waals surface area contributed by atoms with Crippen LogP contribution in [0.1, 0.15) is 60.3 Å². The fourth-order valence-electron chi connectivity index (χ4n) is 1.96. The summed E-state index contributed by atoms with van der Waals surface area (Å²) in [6.07, 6.45) is 12.8. The van der Waals surface area contributed by atoms with E-state index in [1.54, 1.807) is 0 Å². The lowest BCUT2D eigenvalue weighted by Crippen LogP contribution is -1.96. The van der Waals surface area contributed by atoms with Gasteiger partial charge >= 0.3 is 0 Å². The Hall–Kier alpha value is -1.12. The molecule has 2 heteroatoms. The average Bonchev–Trinajstić information content (AvgIpc) is 2.43. The first-order chi connectivity index (χ1) is 10.5. The molecule has 0 aliphatic heterocycles. The third-order valence-electron chi connectivity index (χ3n) is 3.44. The van der Waals surface area contributed by atoms with Crippen LogP contribution in [0.3, 0.4) is 0 Å². The van der Waals surface area contributed by atoms with Gasteiger partial charge in [-0.25, -0.2) is 0 Å². The SMILES string of the molecule is CC(C)=CCOC/C(C)=C/CC/C(C)=C/CC/C(C)=C/CO. The van der Waals surface area contributed by atoms with Crippen LogP contribution in [-0.4, -0.2) is 24.9 Å². The first-order valence-electron chi connectivity index (χ1n) is 8.24. The molecule has 0 aromatic heterocycles. The molecule has 0 amide bonds. The zero-order valence-electron chi connectivity index (χ0n) is 15.1. The molecule has 0 saturated heterocycles. The van der Waals surface area contributed by atoms with E-state index in [-0.39, 0.29) is 6.61 Å². The summed E-state index contributed by atoms with van der Waals surface area (Å²) in [5.74, 6) is 0. The molecule has 0 spiro atoms. The maximum atomic E-state index is 8.81. The topological polar surface area (TPSA) is 29.5 Å². The van der Waals surface area contributed by atoms with E-state index in [2.05, 4.69) is 52.8 Å². The normalized spacial score (nSPS) is 13.5. The number of ether oxygens (including phenoxy) is 1. The zero-order valence-corrected chi connectivity index (χ0v) is 15.1. The highest BCUT2D eigenvalue weighted by Gasteiger charge is 1.93. The Morgan fingerprint density at radius 2 is 1.32 bits per heavy atom. The van der Waals surface area contributed by atoms with Gasteiger partial charge < -0.3 is 9.84 Å². The molecule has 0 saturated carbocycles. The third-order valence-corrected chi connectivity index (χ3v) is 3.44. The molecule has 0 aromatic carbocycles. The minimum atomic E-state index is 0.147. The number of hydrogen-bond donors (Lipinski definition) is 1. The highest BCUT2D eigenvalue weighted by molar-refractivity contribution is 5.06. The summed E-state index contributed by atoms with van der Waals surface area (Å²) >= 11 is 0. The van der Waals surface area contributed by atoms with E-state index in [1.807, 2.05) is 6.08 Å². The van der Waals surface area contributed by atoms with E-state index in [4.69, 9.17) is 9.84 Å². The fourth-order valence-corrected chi connectivity index (χ4v) is 1.96. The number of allylic oxidation sites excluding steroid dienone is 5. The number of hydrogen-bond acceptors (Lipinski definition) is 2. The van der Waals surface area contributed by atoms with Gasteiger partial charge in [-0.05, 0) is 60.3 Å². The van der Waals surface area contributed by atoms with Crippen molar-refractivity contribution in [2.45, 2.75) is 60.3 Å². The molecule has 0 aliphatic carbocycles. The second kappa shape index (κ2) is 13.5. The lowest BCUT2D eigenvalue weighted by atomic mass is 10.1. The van der Waals surface area contributed by atoms with Crippen molar-refractivity contribution < 1.29 is 9.84 Å². The van der Waals surface area contributed by atoms with Gasteiger partial charge in [0.2, 0.25) is 0 Å². The van der Waals surface area contributed by atoms with Gasteiger partial charge in [0.25, 0.3) is 0 Å². The van der Waals surface area contributed by atoms with Crippen molar-refractivity contribution >= 4 is 0 Å². The zero-order chi connectivity index (χ0) is 16.8. The number of aliphatic hydroxyl groups is 1. The molecular formula is C20H34O2. The lowest BCUT2D eigenvalue weighted by Gasteiger charge is -2.03. The Bertz CT molecular complexity index is 407. The van der Waals surface area contributed by atoms with Crippen molar-refractivity contribution in [3.05, 3.63) is 46.6 Å². The van der Waals surface area contributed by atoms with Crippen LogP contribution in [0.25, 0.3) is 0 Å². The van der Waals surface area contributed by atoms with Gasteiger partial charge in [0.1, 0.15) is 0 Å². The highest BCUT2D eigenvalue weighted by Crippen LogP contribution is 2.11. The van der Waals surface area contributed by atoms with E-state index in [0.29, 0.717) is 6.61 Å². The van der Waals surface area contributed by atoms with Crippen molar-refractivity contribution in [3.63, 3.8) is 0 Å². The molecule has 0 bridgehead atoms. The Morgan fingerprint density at radius 1 is 0.773 bits per heavy atom. The monoisotopic (exact) mass is 306 g/mol. The van der Waals surface area contributed by atoms with Crippen LogP contribution in [0.5, 0.6) is 0 Å². The maximum Gasteiger partial charge on any atom is 0.0678 e. The molecule has 2 nitrogen and oxygen atoms in total. The standard InChI is InChI=1S/C20H34O2/c1-17(2)13-15-22-16-20(5)11-7-9-18(3)8-6-10-19(4)12-14-21/h8,11-13,21H,6-7,9-10,14-16H2,1-5H3/b18-8+,19-12+,20-11+. The van der Waals surface area contributed by atoms with E-state index in [0.717, 1.165) is 32.3 Å². The predicted octanol–water partition coefficient (Wildman–Crippen LogP) is 5.36. The molecule has 22 heavy (non-hydrogen) atoms. The summed E-state index contributed by atoms with van der Waals surface area (Å²) in [5, 5.41) is 8.81. The summed E-state index contributed by atoms with van der Waals surface area (Å²) in [6, 6.07) is 0. The molecule has 126 valence electrons. The van der Waals surface area contributed by atoms with Gasteiger partial charge in [-0.3, -0.25) is 0 Å². The molecule has 0 heterocycles. The molecule has 0 unspecified atom stereocenters. The van der Waals surface area contributed by atoms with Crippen LogP contribution >= 0.6 is 0 Å². The third kappa shape index (κ3) is 13.8. The summed E-state index contributed by atoms with van der Waals surface area (Å²) in [4.78, 5) is 0. The second-order valence-electron chi connectivity index (χ2n) is 6.21. The van der Waals surface area contributed by atoms with Gasteiger partial charge in [-0.15, -0.1) is 0 Å². The van der Waals surface area contributed by atoms with Gasteiger partial charge in [-0.2, -0.15) is 0 Å². The molecular weight excluding hydrogens is 272 g/mol. The minimum Gasteiger partial charge on any atom is -0.392 e. The molecule has 1 N–H and O–H groups in total. The van der Waals surface area contributed by atoms with E-state index in [1.165, 1.54) is 22.3 Å². The largest absolute Gasteiger partial charge is 0.392 e. The Labute approximate surface area is 137 Å². The van der Waals surface area contributed by atoms with Gasteiger partial charge in [0.15, 0.2) is 0 Å². The average molecular weight is 306 g/mol. The number of rotatable bonds is 11. The van der Waals surface area contributed by atoms with Crippen LogP contribution in [0.15, 0.2) is 46.6 Å². The van der Waals surface area contributed by atoms with Crippen molar-refractivity contribution in [1.82, 2.24) is 0 Å². The van der Waals surface area contributed by atoms with Gasteiger partial charge in [0.05, 0.1) is 19.8 Å². The fraction of sp³-hybridized carbons (Fsp3) is 0.600. The molecule has 0 aromatic rings. The second-order valence-corrected chi connectivity index (χ2v) is 6.21. The van der Waals surface area contributed by atoms with Crippen LogP contribution in [0, 0.1) is 0 Å². The Kier molecular flexibility index (Phi) is 12.8. The van der Waals surface area contributed by atoms with Crippen LogP contribution in [-0.2, 0) is 4.74 Å². The highest BCUT2D eigenvalue weighted by atomic mass is 16.5. The minimum absolute atomic E-state index is 0.147. The molecule has 0 radical (unpaired) electrons. The summed E-state index contributed by atoms with van der Waals surface area (Å²) < 4.78 is 5.59. The van der Waals surface area contributed by atoms with Crippen LogP contribution in [0.2, 0.25) is 0 Å². The van der Waals surface area contributed by atoms with E-state index < -0.39 is 0 Å². The van der Waals surface area contributed by atoms with E-state index >= 15 is 0 Å². The first-order valence-corrected chi connectivity index (χ1v) is 8.24. The van der Waals surface area contributed by atoms with Crippen molar-refractivity contribution in [1.29, 1.82) is 0 Å². The quantitative estimate of drug-likeness (QED) is 0.411. The molecule has 0 rings (SSSR count). The first kappa shape index (κ1) is 20.9. The van der Waals surface area contributed by atoms with Crippen molar-refractivity contribution in [3.8, 4) is 0 Å². The molecule has 0 aliphatic rings. The number of aliphatic hydroxyl groups excluding tert-OH is 1. The Morgan fingerprint density at radius 3 is 1.86 bits per heavy atom. The summed E-state index contributed by atoms with van der Waals surface area (Å²) in [7, 11) is 0. The van der Waals surface area contributed by atoms with Crippen LogP contribution in [0.4, 0.5) is 0 Å². The summed E-state index contributed by atoms with van der Waals surface area (Å²) in [5.41, 5.74) is 5.30.